The molecule has 0 atom stereocenters. The first-order valence-corrected chi connectivity index (χ1v) is 11.4. The summed E-state index contributed by atoms with van der Waals surface area (Å²) in [7, 11) is -3.60. The zero-order valence-corrected chi connectivity index (χ0v) is 17.1. The van der Waals surface area contributed by atoms with Crippen LogP contribution >= 0.6 is 11.3 Å². The Morgan fingerprint density at radius 1 is 1.04 bits per heavy atom. The van der Waals surface area contributed by atoms with Crippen molar-refractivity contribution in [1.29, 1.82) is 0 Å². The Balaban J connectivity index is 1.48. The Morgan fingerprint density at radius 2 is 1.71 bits per heavy atom. The molecule has 1 fully saturated rings. The first-order chi connectivity index (χ1) is 13.5. The highest BCUT2D eigenvalue weighted by atomic mass is 32.2. The van der Waals surface area contributed by atoms with E-state index in [1.165, 1.54) is 0 Å². The van der Waals surface area contributed by atoms with Crippen LogP contribution in [0, 0.1) is 6.92 Å². The van der Waals surface area contributed by atoms with Gasteiger partial charge in [0.15, 0.2) is 5.13 Å². The largest absolute Gasteiger partial charge is 0.378 e. The third-order valence-electron chi connectivity index (χ3n) is 4.54. The van der Waals surface area contributed by atoms with E-state index in [1.54, 1.807) is 47.7 Å². The minimum Gasteiger partial charge on any atom is -0.378 e. The molecular weight excluding hydrogens is 394 g/mol. The standard InChI is InChI=1S/C20H21N3O3S2/c1-15-2-8-18(9-3-15)28(24,25)22-17-6-4-16(5-7-17)19-14-27-20(21-19)23-10-12-26-13-11-23/h2-9,14,22H,10-13H2,1H3. The van der Waals surface area contributed by atoms with E-state index in [2.05, 4.69) is 9.62 Å². The van der Waals surface area contributed by atoms with Crippen LogP contribution in [0.5, 0.6) is 0 Å². The van der Waals surface area contributed by atoms with Crippen molar-refractivity contribution in [2.24, 2.45) is 0 Å². The molecular formula is C20H21N3O3S2. The minimum atomic E-state index is -3.60. The highest BCUT2D eigenvalue weighted by molar-refractivity contribution is 7.92. The fraction of sp³-hybridized carbons (Fsp3) is 0.250. The van der Waals surface area contributed by atoms with Crippen LogP contribution in [-0.2, 0) is 14.8 Å². The number of thiazole rings is 1. The smallest absolute Gasteiger partial charge is 0.261 e. The molecule has 4 rings (SSSR count). The van der Waals surface area contributed by atoms with Crippen molar-refractivity contribution in [2.75, 3.05) is 35.9 Å². The van der Waals surface area contributed by atoms with Crippen molar-refractivity contribution in [3.05, 3.63) is 59.5 Å². The summed E-state index contributed by atoms with van der Waals surface area (Å²) in [6, 6.07) is 14.1. The quantitative estimate of drug-likeness (QED) is 0.687. The predicted octanol–water partition coefficient (Wildman–Crippen LogP) is 3.76. The second kappa shape index (κ2) is 7.90. The molecule has 0 radical (unpaired) electrons. The summed E-state index contributed by atoms with van der Waals surface area (Å²) in [5.41, 5.74) is 3.38. The maximum absolute atomic E-state index is 12.5. The van der Waals surface area contributed by atoms with Gasteiger partial charge in [-0.2, -0.15) is 0 Å². The van der Waals surface area contributed by atoms with E-state index in [1.807, 2.05) is 24.4 Å². The van der Waals surface area contributed by atoms with Gasteiger partial charge in [0.25, 0.3) is 10.0 Å². The van der Waals surface area contributed by atoms with Gasteiger partial charge in [0.1, 0.15) is 0 Å². The number of rotatable bonds is 5. The number of aromatic nitrogens is 1. The summed E-state index contributed by atoms with van der Waals surface area (Å²) in [5.74, 6) is 0. The number of hydrogen-bond acceptors (Lipinski definition) is 6. The number of morpholine rings is 1. The summed E-state index contributed by atoms with van der Waals surface area (Å²) < 4.78 is 33.0. The molecule has 6 nitrogen and oxygen atoms in total. The van der Waals surface area contributed by atoms with E-state index in [-0.39, 0.29) is 4.90 Å². The van der Waals surface area contributed by atoms with E-state index in [4.69, 9.17) is 9.72 Å². The second-order valence-electron chi connectivity index (χ2n) is 6.61. The first-order valence-electron chi connectivity index (χ1n) is 8.99. The zero-order chi connectivity index (χ0) is 19.6. The predicted molar refractivity (Wildman–Crippen MR) is 113 cm³/mol. The van der Waals surface area contributed by atoms with Gasteiger partial charge in [0, 0.05) is 29.7 Å². The van der Waals surface area contributed by atoms with Crippen LogP contribution in [0.25, 0.3) is 11.3 Å². The summed E-state index contributed by atoms with van der Waals surface area (Å²) in [4.78, 5) is 7.19. The summed E-state index contributed by atoms with van der Waals surface area (Å²) in [5, 5.41) is 3.01. The molecule has 1 aliphatic heterocycles. The average molecular weight is 416 g/mol. The zero-order valence-electron chi connectivity index (χ0n) is 15.5. The van der Waals surface area contributed by atoms with Crippen LogP contribution in [0.15, 0.2) is 58.8 Å². The Hall–Kier alpha value is -2.42. The lowest BCUT2D eigenvalue weighted by Gasteiger charge is -2.26. The Kier molecular flexibility index (Phi) is 5.34. The van der Waals surface area contributed by atoms with Gasteiger partial charge >= 0.3 is 0 Å². The van der Waals surface area contributed by atoms with Crippen LogP contribution in [0.4, 0.5) is 10.8 Å². The molecule has 0 spiro atoms. The number of nitrogens with one attached hydrogen (secondary N) is 1. The molecule has 0 saturated carbocycles. The van der Waals surface area contributed by atoms with Gasteiger partial charge in [-0.15, -0.1) is 11.3 Å². The molecule has 2 heterocycles. The summed E-state index contributed by atoms with van der Waals surface area (Å²) in [6.07, 6.45) is 0. The molecule has 0 unspecified atom stereocenters. The molecule has 3 aromatic rings. The lowest BCUT2D eigenvalue weighted by atomic mass is 10.1. The van der Waals surface area contributed by atoms with Crippen molar-refractivity contribution < 1.29 is 13.2 Å². The van der Waals surface area contributed by atoms with Crippen molar-refractivity contribution in [2.45, 2.75) is 11.8 Å². The van der Waals surface area contributed by atoms with E-state index >= 15 is 0 Å². The number of hydrogen-bond donors (Lipinski definition) is 1. The van der Waals surface area contributed by atoms with Crippen LogP contribution in [-0.4, -0.2) is 39.7 Å². The molecule has 2 aromatic carbocycles. The number of anilines is 2. The molecule has 1 saturated heterocycles. The van der Waals surface area contributed by atoms with Gasteiger partial charge in [0.05, 0.1) is 23.8 Å². The Morgan fingerprint density at radius 3 is 2.39 bits per heavy atom. The number of nitrogens with zero attached hydrogens (tertiary/aromatic N) is 2. The maximum Gasteiger partial charge on any atom is 0.261 e. The van der Waals surface area contributed by atoms with Crippen molar-refractivity contribution in [1.82, 2.24) is 4.98 Å². The molecule has 8 heteroatoms. The summed E-state index contributed by atoms with van der Waals surface area (Å²) in [6.45, 7) is 5.08. The highest BCUT2D eigenvalue weighted by Gasteiger charge is 2.16. The molecule has 0 amide bonds. The normalized spacial score (nSPS) is 14.8. The first kappa shape index (κ1) is 18.9. The van der Waals surface area contributed by atoms with Crippen molar-refractivity contribution in [3.8, 4) is 11.3 Å². The Labute approximate surface area is 168 Å². The van der Waals surface area contributed by atoms with E-state index in [0.717, 1.165) is 48.3 Å². The van der Waals surface area contributed by atoms with Crippen LogP contribution in [0.2, 0.25) is 0 Å². The molecule has 146 valence electrons. The van der Waals surface area contributed by atoms with Gasteiger partial charge in [0.2, 0.25) is 0 Å². The van der Waals surface area contributed by atoms with Gasteiger partial charge in [-0.3, -0.25) is 4.72 Å². The number of aryl methyl sites for hydroxylation is 1. The number of ether oxygens (including phenoxy) is 1. The molecule has 1 aliphatic rings. The number of sulfonamides is 1. The highest BCUT2D eigenvalue weighted by Crippen LogP contribution is 2.29. The molecule has 0 aliphatic carbocycles. The number of benzene rings is 2. The third-order valence-corrected chi connectivity index (χ3v) is 6.84. The Bertz CT molecular complexity index is 1040. The molecule has 1 N–H and O–H groups in total. The molecule has 1 aromatic heterocycles. The summed E-state index contributed by atoms with van der Waals surface area (Å²) >= 11 is 1.61. The monoisotopic (exact) mass is 415 g/mol. The average Bonchev–Trinajstić information content (AvgIpc) is 3.19. The fourth-order valence-corrected chi connectivity index (χ4v) is 4.88. The van der Waals surface area contributed by atoms with Crippen LogP contribution < -0.4 is 9.62 Å². The van der Waals surface area contributed by atoms with Crippen molar-refractivity contribution in [3.63, 3.8) is 0 Å². The van der Waals surface area contributed by atoms with Gasteiger partial charge in [-0.25, -0.2) is 13.4 Å². The van der Waals surface area contributed by atoms with Crippen LogP contribution in [0.3, 0.4) is 0 Å². The topological polar surface area (TPSA) is 71.5 Å². The second-order valence-corrected chi connectivity index (χ2v) is 9.13. The van der Waals surface area contributed by atoms with Gasteiger partial charge in [-0.1, -0.05) is 29.8 Å². The SMILES string of the molecule is Cc1ccc(S(=O)(=O)Nc2ccc(-c3csc(N4CCOCC4)n3)cc2)cc1. The van der Waals surface area contributed by atoms with E-state index in [0.29, 0.717) is 5.69 Å². The maximum atomic E-state index is 12.5. The molecule has 28 heavy (non-hydrogen) atoms. The van der Waals surface area contributed by atoms with Gasteiger partial charge in [-0.05, 0) is 31.2 Å². The van der Waals surface area contributed by atoms with E-state index in [9.17, 15) is 8.42 Å². The van der Waals surface area contributed by atoms with Crippen LogP contribution in [0.1, 0.15) is 5.56 Å². The lowest BCUT2D eigenvalue weighted by molar-refractivity contribution is 0.122. The van der Waals surface area contributed by atoms with E-state index < -0.39 is 10.0 Å². The third kappa shape index (κ3) is 4.19. The van der Waals surface area contributed by atoms with Gasteiger partial charge < -0.3 is 9.64 Å². The minimum absolute atomic E-state index is 0.247. The lowest BCUT2D eigenvalue weighted by Crippen LogP contribution is -2.36. The fourth-order valence-electron chi connectivity index (χ4n) is 2.94. The van der Waals surface area contributed by atoms with Crippen molar-refractivity contribution >= 4 is 32.2 Å². The molecule has 0 bridgehead atoms.